The summed E-state index contributed by atoms with van der Waals surface area (Å²) in [6, 6.07) is 17.0. The van der Waals surface area contributed by atoms with Gasteiger partial charge in [0.15, 0.2) is 0 Å². The molecule has 4 rings (SSSR count). The van der Waals surface area contributed by atoms with Crippen molar-refractivity contribution in [2.24, 2.45) is 0 Å². The number of piperazine rings is 1. The fraction of sp³-hybridized carbons (Fsp3) is 0.360. The van der Waals surface area contributed by atoms with Gasteiger partial charge in [-0.1, -0.05) is 48.0 Å². The van der Waals surface area contributed by atoms with Gasteiger partial charge in [-0.2, -0.15) is 4.98 Å². The second-order valence-electron chi connectivity index (χ2n) is 8.28. The van der Waals surface area contributed by atoms with E-state index in [1.165, 1.54) is 16.8 Å². The Morgan fingerprint density at radius 1 is 1.03 bits per heavy atom. The summed E-state index contributed by atoms with van der Waals surface area (Å²) in [5.74, 6) is 0.850. The second kappa shape index (κ2) is 8.84. The fourth-order valence-electron chi connectivity index (χ4n) is 4.14. The van der Waals surface area contributed by atoms with E-state index in [1.54, 1.807) is 4.90 Å². The third-order valence-corrected chi connectivity index (χ3v) is 5.86. The molecule has 3 aromatic rings. The van der Waals surface area contributed by atoms with Crippen LogP contribution in [0.1, 0.15) is 16.9 Å². The predicted molar refractivity (Wildman–Crippen MR) is 125 cm³/mol. The maximum atomic E-state index is 12.9. The molecule has 162 valence electrons. The second-order valence-corrected chi connectivity index (χ2v) is 8.28. The van der Waals surface area contributed by atoms with Crippen molar-refractivity contribution in [1.82, 2.24) is 9.88 Å². The number of carbonyl (C=O) groups excluding carboxylic acids is 1. The SMILES string of the molecule is Cc1ccc(N2CCN(C(=O)CN(C)c3nc(-c4ccccc4)c(C)o3)CC2)c(C)c1. The fourth-order valence-corrected chi connectivity index (χ4v) is 4.14. The lowest BCUT2D eigenvalue weighted by Gasteiger charge is -2.37. The molecule has 6 nitrogen and oxygen atoms in total. The molecule has 0 aliphatic carbocycles. The van der Waals surface area contributed by atoms with E-state index < -0.39 is 0 Å². The normalized spacial score (nSPS) is 14.1. The smallest absolute Gasteiger partial charge is 0.298 e. The number of hydrogen-bond donors (Lipinski definition) is 0. The Morgan fingerprint density at radius 2 is 1.74 bits per heavy atom. The lowest BCUT2D eigenvalue weighted by Crippen LogP contribution is -2.51. The van der Waals surface area contributed by atoms with Gasteiger partial charge in [-0.05, 0) is 32.4 Å². The summed E-state index contributed by atoms with van der Waals surface area (Å²) in [5, 5.41) is 0. The Hall–Kier alpha value is -3.28. The summed E-state index contributed by atoms with van der Waals surface area (Å²) in [6.07, 6.45) is 0. The minimum absolute atomic E-state index is 0.0971. The van der Waals surface area contributed by atoms with Crippen LogP contribution in [-0.4, -0.2) is 55.6 Å². The first-order valence-corrected chi connectivity index (χ1v) is 10.8. The Kier molecular flexibility index (Phi) is 5.98. The van der Waals surface area contributed by atoms with Crippen molar-refractivity contribution >= 4 is 17.6 Å². The van der Waals surface area contributed by atoms with Crippen molar-refractivity contribution in [3.05, 3.63) is 65.4 Å². The molecule has 0 radical (unpaired) electrons. The van der Waals surface area contributed by atoms with Crippen molar-refractivity contribution in [3.8, 4) is 11.3 Å². The van der Waals surface area contributed by atoms with Crippen LogP contribution < -0.4 is 9.80 Å². The molecule has 0 bridgehead atoms. The maximum Gasteiger partial charge on any atom is 0.298 e. The summed E-state index contributed by atoms with van der Waals surface area (Å²) < 4.78 is 5.85. The minimum atomic E-state index is 0.0971. The van der Waals surface area contributed by atoms with Gasteiger partial charge in [0.25, 0.3) is 6.01 Å². The molecule has 0 atom stereocenters. The van der Waals surface area contributed by atoms with E-state index in [2.05, 4.69) is 41.9 Å². The summed E-state index contributed by atoms with van der Waals surface area (Å²) in [4.78, 5) is 23.6. The summed E-state index contributed by atoms with van der Waals surface area (Å²) >= 11 is 0. The lowest BCUT2D eigenvalue weighted by molar-refractivity contribution is -0.130. The highest BCUT2D eigenvalue weighted by molar-refractivity contribution is 5.81. The Morgan fingerprint density at radius 3 is 2.42 bits per heavy atom. The number of likely N-dealkylation sites (N-methyl/N-ethyl adjacent to an activating group) is 1. The molecule has 0 saturated carbocycles. The Bertz CT molecular complexity index is 1050. The van der Waals surface area contributed by atoms with Crippen LogP contribution in [0.15, 0.2) is 52.9 Å². The van der Waals surface area contributed by atoms with Crippen LogP contribution in [-0.2, 0) is 4.79 Å². The standard InChI is InChI=1S/C25H30N4O2/c1-18-10-11-22(19(2)16-18)28-12-14-29(15-13-28)23(30)17-27(4)25-26-24(20(3)31-25)21-8-6-5-7-9-21/h5-11,16H,12-15,17H2,1-4H3. The van der Waals surface area contributed by atoms with Crippen molar-refractivity contribution in [1.29, 1.82) is 0 Å². The van der Waals surface area contributed by atoms with Crippen LogP contribution in [0.5, 0.6) is 0 Å². The van der Waals surface area contributed by atoms with Gasteiger partial charge < -0.3 is 19.1 Å². The van der Waals surface area contributed by atoms with Gasteiger partial charge >= 0.3 is 0 Å². The zero-order chi connectivity index (χ0) is 22.0. The molecule has 1 aliphatic heterocycles. The third-order valence-electron chi connectivity index (χ3n) is 5.86. The molecule has 1 saturated heterocycles. The summed E-state index contributed by atoms with van der Waals surface area (Å²) in [7, 11) is 1.85. The first-order valence-electron chi connectivity index (χ1n) is 10.8. The summed E-state index contributed by atoms with van der Waals surface area (Å²) in [5.41, 5.74) is 5.65. The van der Waals surface area contributed by atoms with Crippen molar-refractivity contribution in [2.45, 2.75) is 20.8 Å². The average Bonchev–Trinajstić information content (AvgIpc) is 3.16. The topological polar surface area (TPSA) is 52.8 Å². The number of anilines is 2. The van der Waals surface area contributed by atoms with Crippen LogP contribution in [0.4, 0.5) is 11.7 Å². The van der Waals surface area contributed by atoms with Gasteiger partial charge in [-0.3, -0.25) is 4.79 Å². The number of benzene rings is 2. The van der Waals surface area contributed by atoms with Crippen LogP contribution in [0.3, 0.4) is 0 Å². The molecule has 1 amide bonds. The first-order chi connectivity index (χ1) is 14.9. The number of amides is 1. The molecule has 0 N–H and O–H groups in total. The van der Waals surface area contributed by atoms with Crippen LogP contribution in [0.25, 0.3) is 11.3 Å². The van der Waals surface area contributed by atoms with Gasteiger partial charge in [0.05, 0.1) is 0 Å². The predicted octanol–water partition coefficient (Wildman–Crippen LogP) is 4.05. The van der Waals surface area contributed by atoms with Gasteiger partial charge in [-0.15, -0.1) is 0 Å². The van der Waals surface area contributed by atoms with Crippen molar-refractivity contribution in [3.63, 3.8) is 0 Å². The van der Waals surface area contributed by atoms with Crippen molar-refractivity contribution in [2.75, 3.05) is 49.6 Å². The number of hydrogen-bond acceptors (Lipinski definition) is 5. The Labute approximate surface area is 184 Å². The third kappa shape index (κ3) is 4.58. The number of oxazole rings is 1. The summed E-state index contributed by atoms with van der Waals surface area (Å²) in [6.45, 7) is 9.54. The highest BCUT2D eigenvalue weighted by atomic mass is 16.4. The zero-order valence-electron chi connectivity index (χ0n) is 18.8. The number of nitrogens with zero attached hydrogens (tertiary/aromatic N) is 4. The number of aromatic nitrogens is 1. The molecule has 0 unspecified atom stereocenters. The van der Waals surface area contributed by atoms with E-state index in [9.17, 15) is 4.79 Å². The molecule has 1 fully saturated rings. The highest BCUT2D eigenvalue weighted by Gasteiger charge is 2.24. The first kappa shape index (κ1) is 21.0. The molecule has 2 aromatic carbocycles. The zero-order valence-corrected chi connectivity index (χ0v) is 18.8. The molecular weight excluding hydrogens is 388 g/mol. The monoisotopic (exact) mass is 418 g/mol. The van der Waals surface area contributed by atoms with Gasteiger partial charge in [0, 0.05) is 44.5 Å². The van der Waals surface area contributed by atoms with E-state index in [0.29, 0.717) is 6.01 Å². The molecule has 0 spiro atoms. The van der Waals surface area contributed by atoms with Crippen LogP contribution in [0.2, 0.25) is 0 Å². The molecule has 6 heteroatoms. The van der Waals surface area contributed by atoms with Crippen molar-refractivity contribution < 1.29 is 9.21 Å². The number of rotatable bonds is 5. The van der Waals surface area contributed by atoms with E-state index in [-0.39, 0.29) is 12.5 Å². The minimum Gasteiger partial charge on any atom is -0.428 e. The number of carbonyl (C=O) groups is 1. The molecule has 1 aliphatic rings. The van der Waals surface area contributed by atoms with Gasteiger partial charge in [0.2, 0.25) is 5.91 Å². The number of aryl methyl sites for hydroxylation is 3. The van der Waals surface area contributed by atoms with Crippen LogP contribution >= 0.6 is 0 Å². The van der Waals surface area contributed by atoms with E-state index in [1.807, 2.05) is 49.2 Å². The molecular formula is C25H30N4O2. The Balaban J connectivity index is 1.36. The average molecular weight is 419 g/mol. The lowest BCUT2D eigenvalue weighted by atomic mass is 10.1. The molecule has 31 heavy (non-hydrogen) atoms. The largest absolute Gasteiger partial charge is 0.428 e. The maximum absolute atomic E-state index is 12.9. The van der Waals surface area contributed by atoms with E-state index in [4.69, 9.17) is 4.42 Å². The molecule has 2 heterocycles. The van der Waals surface area contributed by atoms with E-state index >= 15 is 0 Å². The van der Waals surface area contributed by atoms with Crippen LogP contribution in [0, 0.1) is 20.8 Å². The quantitative estimate of drug-likeness (QED) is 0.626. The highest BCUT2D eigenvalue weighted by Crippen LogP contribution is 2.27. The van der Waals surface area contributed by atoms with Gasteiger partial charge in [0.1, 0.15) is 18.0 Å². The van der Waals surface area contributed by atoms with E-state index in [0.717, 1.165) is 43.2 Å². The molecule has 1 aromatic heterocycles. The van der Waals surface area contributed by atoms with Gasteiger partial charge in [-0.25, -0.2) is 0 Å².